The van der Waals surface area contributed by atoms with E-state index >= 15 is 0 Å². The van der Waals surface area contributed by atoms with Gasteiger partial charge in [0.1, 0.15) is 5.82 Å². The van der Waals surface area contributed by atoms with Gasteiger partial charge in [-0.25, -0.2) is 4.98 Å². The molecule has 0 spiro atoms. The summed E-state index contributed by atoms with van der Waals surface area (Å²) in [6, 6.07) is 2.18. The zero-order chi connectivity index (χ0) is 19.2. The van der Waals surface area contributed by atoms with Crippen LogP contribution in [0.5, 0.6) is 0 Å². The fourth-order valence-corrected chi connectivity index (χ4v) is 2.93. The van der Waals surface area contributed by atoms with Crippen LogP contribution in [0, 0.1) is 5.92 Å². The van der Waals surface area contributed by atoms with E-state index in [1.165, 1.54) is 12.3 Å². The lowest BCUT2D eigenvalue weighted by atomic mass is 9.97. The number of piperidine rings is 1. The third-order valence-corrected chi connectivity index (χ3v) is 4.28. The first kappa shape index (κ1) is 20.0. The molecule has 1 aromatic rings. The normalized spacial score (nSPS) is 17.7. The molecule has 2 rings (SSSR count). The average Bonchev–Trinajstić information content (AvgIpc) is 2.64. The molecule has 1 saturated heterocycles. The Morgan fingerprint density at radius 2 is 2.12 bits per heavy atom. The summed E-state index contributed by atoms with van der Waals surface area (Å²) in [7, 11) is 0. The van der Waals surface area contributed by atoms with Gasteiger partial charge in [0, 0.05) is 38.8 Å². The average molecular weight is 372 g/mol. The predicted molar refractivity (Wildman–Crippen MR) is 90.3 cm³/mol. The van der Waals surface area contributed by atoms with Crippen molar-refractivity contribution >= 4 is 17.6 Å². The molecule has 0 aliphatic carbocycles. The standard InChI is InChI=1S/C17H23F3N4O2/c1-2-14(25)24-10-4-5-12(11-24)16(26)23-9-8-22-15-13(17(18,19)20)6-3-7-21-15/h3,6-7,12H,2,4-5,8-11H2,1H3,(H,21,22)(H,23,26)/t12-/m1/s1. The first-order valence-corrected chi connectivity index (χ1v) is 8.64. The highest BCUT2D eigenvalue weighted by molar-refractivity contribution is 5.81. The number of aromatic nitrogens is 1. The number of amides is 2. The van der Waals surface area contributed by atoms with E-state index in [0.717, 1.165) is 12.5 Å². The van der Waals surface area contributed by atoms with Crippen molar-refractivity contribution in [3.63, 3.8) is 0 Å². The summed E-state index contributed by atoms with van der Waals surface area (Å²) in [5.74, 6) is -0.692. The molecule has 2 amide bonds. The molecule has 0 saturated carbocycles. The van der Waals surface area contributed by atoms with Crippen LogP contribution < -0.4 is 10.6 Å². The van der Waals surface area contributed by atoms with Crippen LogP contribution >= 0.6 is 0 Å². The lowest BCUT2D eigenvalue weighted by molar-refractivity contribution is -0.137. The van der Waals surface area contributed by atoms with E-state index in [4.69, 9.17) is 0 Å². The SMILES string of the molecule is CCC(=O)N1CCC[C@@H](C(=O)NCCNc2ncccc2C(F)(F)F)C1. The first-order valence-electron chi connectivity index (χ1n) is 8.64. The molecule has 0 bridgehead atoms. The maximum Gasteiger partial charge on any atom is 0.419 e. The third-order valence-electron chi connectivity index (χ3n) is 4.28. The Bertz CT molecular complexity index is 637. The number of likely N-dealkylation sites (tertiary alicyclic amines) is 1. The summed E-state index contributed by atoms with van der Waals surface area (Å²) >= 11 is 0. The Balaban J connectivity index is 1.80. The summed E-state index contributed by atoms with van der Waals surface area (Å²) < 4.78 is 38.6. The van der Waals surface area contributed by atoms with Gasteiger partial charge in [-0.05, 0) is 25.0 Å². The number of anilines is 1. The van der Waals surface area contributed by atoms with Gasteiger partial charge in [0.25, 0.3) is 0 Å². The van der Waals surface area contributed by atoms with E-state index in [-0.39, 0.29) is 36.6 Å². The minimum absolute atomic E-state index is 0.0269. The van der Waals surface area contributed by atoms with Gasteiger partial charge >= 0.3 is 6.18 Å². The van der Waals surface area contributed by atoms with Crippen molar-refractivity contribution in [2.24, 2.45) is 5.92 Å². The maximum absolute atomic E-state index is 12.9. The van der Waals surface area contributed by atoms with Crippen molar-refractivity contribution in [2.75, 3.05) is 31.5 Å². The molecule has 0 unspecified atom stereocenters. The smallest absolute Gasteiger partial charge is 0.368 e. The van der Waals surface area contributed by atoms with Crippen molar-refractivity contribution in [3.05, 3.63) is 23.9 Å². The van der Waals surface area contributed by atoms with E-state index in [0.29, 0.717) is 25.9 Å². The highest BCUT2D eigenvalue weighted by atomic mass is 19.4. The van der Waals surface area contributed by atoms with Crippen LogP contribution in [0.4, 0.5) is 19.0 Å². The van der Waals surface area contributed by atoms with Gasteiger partial charge in [-0.15, -0.1) is 0 Å². The second kappa shape index (κ2) is 8.86. The lowest BCUT2D eigenvalue weighted by Crippen LogP contribution is -2.45. The fourth-order valence-electron chi connectivity index (χ4n) is 2.93. The quantitative estimate of drug-likeness (QED) is 0.752. The second-order valence-corrected chi connectivity index (χ2v) is 6.15. The Kier molecular flexibility index (Phi) is 6.82. The topological polar surface area (TPSA) is 74.3 Å². The Hall–Kier alpha value is -2.32. The van der Waals surface area contributed by atoms with E-state index < -0.39 is 11.7 Å². The number of rotatable bonds is 6. The first-order chi connectivity index (χ1) is 12.3. The molecule has 9 heteroatoms. The van der Waals surface area contributed by atoms with Crippen molar-refractivity contribution in [3.8, 4) is 0 Å². The number of carbonyl (C=O) groups excluding carboxylic acids is 2. The van der Waals surface area contributed by atoms with Gasteiger partial charge in [-0.3, -0.25) is 9.59 Å². The number of hydrogen-bond acceptors (Lipinski definition) is 4. The number of halogens is 3. The van der Waals surface area contributed by atoms with Gasteiger partial charge in [0.05, 0.1) is 11.5 Å². The summed E-state index contributed by atoms with van der Waals surface area (Å²) in [6.07, 6.45) is -1.34. The van der Waals surface area contributed by atoms with E-state index in [9.17, 15) is 22.8 Å². The van der Waals surface area contributed by atoms with Gasteiger partial charge in [-0.1, -0.05) is 6.92 Å². The molecule has 0 radical (unpaired) electrons. The molecule has 1 aliphatic heterocycles. The van der Waals surface area contributed by atoms with Crippen molar-refractivity contribution in [1.29, 1.82) is 0 Å². The molecule has 2 N–H and O–H groups in total. The van der Waals surface area contributed by atoms with Crippen LogP contribution in [0.2, 0.25) is 0 Å². The van der Waals surface area contributed by atoms with Crippen LogP contribution in [0.3, 0.4) is 0 Å². The number of pyridine rings is 1. The van der Waals surface area contributed by atoms with Crippen LogP contribution in [0.15, 0.2) is 18.3 Å². The molecule has 1 aliphatic rings. The zero-order valence-corrected chi connectivity index (χ0v) is 14.6. The predicted octanol–water partition coefficient (Wildman–Crippen LogP) is 2.28. The largest absolute Gasteiger partial charge is 0.419 e. The number of nitrogens with one attached hydrogen (secondary N) is 2. The Labute approximate surface area is 150 Å². The molecule has 26 heavy (non-hydrogen) atoms. The number of carbonyl (C=O) groups is 2. The highest BCUT2D eigenvalue weighted by Gasteiger charge is 2.34. The third kappa shape index (κ3) is 5.34. The van der Waals surface area contributed by atoms with E-state index in [1.807, 2.05) is 0 Å². The molecule has 1 fully saturated rings. The van der Waals surface area contributed by atoms with Gasteiger partial charge in [0.15, 0.2) is 0 Å². The van der Waals surface area contributed by atoms with E-state index in [1.54, 1.807) is 11.8 Å². The number of hydrogen-bond donors (Lipinski definition) is 2. The summed E-state index contributed by atoms with van der Waals surface area (Å²) in [5, 5.41) is 5.31. The Morgan fingerprint density at radius 1 is 1.35 bits per heavy atom. The van der Waals surface area contributed by atoms with Gasteiger partial charge in [0.2, 0.25) is 11.8 Å². The molecular weight excluding hydrogens is 349 g/mol. The summed E-state index contributed by atoms with van der Waals surface area (Å²) in [4.78, 5) is 29.4. The highest BCUT2D eigenvalue weighted by Crippen LogP contribution is 2.33. The number of alkyl halides is 3. The lowest BCUT2D eigenvalue weighted by Gasteiger charge is -2.31. The van der Waals surface area contributed by atoms with Crippen LogP contribution in [0.1, 0.15) is 31.7 Å². The molecule has 1 aromatic heterocycles. The zero-order valence-electron chi connectivity index (χ0n) is 14.6. The van der Waals surface area contributed by atoms with Crippen LogP contribution in [-0.2, 0) is 15.8 Å². The summed E-state index contributed by atoms with van der Waals surface area (Å²) in [5.41, 5.74) is -0.840. The van der Waals surface area contributed by atoms with Crippen molar-refractivity contribution in [2.45, 2.75) is 32.4 Å². The molecule has 144 valence electrons. The minimum Gasteiger partial charge on any atom is -0.368 e. The molecule has 2 heterocycles. The molecular formula is C17H23F3N4O2. The maximum atomic E-state index is 12.9. The molecule has 1 atom stereocenters. The summed E-state index contributed by atoms with van der Waals surface area (Å²) in [6.45, 7) is 3.13. The monoisotopic (exact) mass is 372 g/mol. The fraction of sp³-hybridized carbons (Fsp3) is 0.588. The van der Waals surface area contributed by atoms with Crippen molar-refractivity contribution < 1.29 is 22.8 Å². The van der Waals surface area contributed by atoms with Crippen LogP contribution in [0.25, 0.3) is 0 Å². The van der Waals surface area contributed by atoms with Crippen molar-refractivity contribution in [1.82, 2.24) is 15.2 Å². The minimum atomic E-state index is -4.49. The molecule has 0 aromatic carbocycles. The molecule has 6 nitrogen and oxygen atoms in total. The second-order valence-electron chi connectivity index (χ2n) is 6.15. The van der Waals surface area contributed by atoms with Gasteiger partial charge in [-0.2, -0.15) is 13.2 Å². The Morgan fingerprint density at radius 3 is 2.81 bits per heavy atom. The van der Waals surface area contributed by atoms with Gasteiger partial charge < -0.3 is 15.5 Å². The van der Waals surface area contributed by atoms with E-state index in [2.05, 4.69) is 15.6 Å². The number of nitrogens with zero attached hydrogens (tertiary/aromatic N) is 2. The van der Waals surface area contributed by atoms with Crippen LogP contribution in [-0.4, -0.2) is 47.9 Å².